The van der Waals surface area contributed by atoms with Crippen molar-refractivity contribution in [2.45, 2.75) is 57.7 Å². The molecule has 0 saturated carbocycles. The average molecular weight is 561 g/mol. The minimum atomic E-state index is -0.633. The molecule has 6 rings (SSSR count). The second kappa shape index (κ2) is 10.9. The number of fused-ring (bicyclic) bond motifs is 5. The Labute approximate surface area is 238 Å². The van der Waals surface area contributed by atoms with E-state index in [1.54, 1.807) is 19.2 Å². The van der Waals surface area contributed by atoms with Gasteiger partial charge in [0.25, 0.3) is 0 Å². The highest BCUT2D eigenvalue weighted by molar-refractivity contribution is 6.33. The fourth-order valence-electron chi connectivity index (χ4n) is 6.06. The van der Waals surface area contributed by atoms with Crippen molar-refractivity contribution in [3.63, 3.8) is 0 Å². The quantitative estimate of drug-likeness (QED) is 0.274. The van der Waals surface area contributed by atoms with Gasteiger partial charge in [-0.05, 0) is 76.1 Å². The molecule has 5 heterocycles. The monoisotopic (exact) mass is 560 g/mol. The normalized spacial score (nSPS) is 20.4. The molecule has 4 aromatic rings. The number of aliphatic hydroxyl groups excluding tert-OH is 1. The third kappa shape index (κ3) is 4.88. The number of aromatic nitrogens is 4. The van der Waals surface area contributed by atoms with E-state index in [9.17, 15) is 5.11 Å². The van der Waals surface area contributed by atoms with E-state index in [0.717, 1.165) is 46.7 Å². The molecule has 2 aliphatic rings. The van der Waals surface area contributed by atoms with Crippen LogP contribution >= 0.6 is 11.6 Å². The summed E-state index contributed by atoms with van der Waals surface area (Å²) in [5.41, 5.74) is 7.55. The first kappa shape index (κ1) is 26.8. The summed E-state index contributed by atoms with van der Waals surface area (Å²) in [4.78, 5) is 14.9. The predicted octanol–water partition coefficient (Wildman–Crippen LogP) is 4.99. The van der Waals surface area contributed by atoms with Crippen LogP contribution in [0.3, 0.4) is 0 Å². The number of rotatable bonds is 8. The summed E-state index contributed by atoms with van der Waals surface area (Å²) in [6, 6.07) is 10.0. The highest BCUT2D eigenvalue weighted by Gasteiger charge is 2.40. The van der Waals surface area contributed by atoms with E-state index in [1.807, 2.05) is 32.2 Å². The molecular weight excluding hydrogens is 528 g/mol. The van der Waals surface area contributed by atoms with Gasteiger partial charge in [0.05, 0.1) is 39.4 Å². The lowest BCUT2D eigenvalue weighted by Gasteiger charge is -2.30. The summed E-state index contributed by atoms with van der Waals surface area (Å²) in [5, 5.41) is 21.5. The molecule has 208 valence electrons. The standard InChI is InChI=1S/C30H33ClN6O3/c1-15-27(18-10-24-21-6-5-9-33-29(21)25(11-18)34-24)35-30(36-28(15)26-16(2)37-40-17(26)3)22-12-20(7-8-23(22)31)39-14-19(38)13-32-4/h5-9,12,18-19,24-25,32,34,38H,10-11,13-14H2,1-4H3/t18?,19-,24?,25?/m1/s1. The summed E-state index contributed by atoms with van der Waals surface area (Å²) in [5.74, 6) is 2.00. The summed E-state index contributed by atoms with van der Waals surface area (Å²) >= 11 is 6.73. The van der Waals surface area contributed by atoms with Crippen molar-refractivity contribution in [3.05, 3.63) is 75.5 Å². The Morgan fingerprint density at radius 3 is 2.75 bits per heavy atom. The van der Waals surface area contributed by atoms with Crippen molar-refractivity contribution >= 4 is 11.6 Å². The second-order valence-corrected chi connectivity index (χ2v) is 11.1. The smallest absolute Gasteiger partial charge is 0.161 e. The highest BCUT2D eigenvalue weighted by Crippen LogP contribution is 2.49. The SMILES string of the molecule is CNC[C@@H](O)COc1ccc(Cl)c(-c2nc(-c3c(C)noc3C)c(C)c(C3CC4NC(C3)c3ncccc34)n2)c1. The predicted molar refractivity (Wildman–Crippen MR) is 152 cm³/mol. The Bertz CT molecular complexity index is 1510. The lowest BCUT2D eigenvalue weighted by Crippen LogP contribution is -2.29. The van der Waals surface area contributed by atoms with E-state index in [0.29, 0.717) is 34.5 Å². The molecule has 9 nitrogen and oxygen atoms in total. The Morgan fingerprint density at radius 2 is 1.98 bits per heavy atom. The molecule has 3 unspecified atom stereocenters. The molecule has 0 radical (unpaired) electrons. The van der Waals surface area contributed by atoms with Crippen molar-refractivity contribution in [2.75, 3.05) is 20.2 Å². The molecule has 40 heavy (non-hydrogen) atoms. The van der Waals surface area contributed by atoms with Gasteiger partial charge in [-0.2, -0.15) is 0 Å². The first-order chi connectivity index (χ1) is 19.3. The van der Waals surface area contributed by atoms with Crippen LogP contribution in [0.1, 0.15) is 64.8 Å². The number of aliphatic hydroxyl groups is 1. The van der Waals surface area contributed by atoms with Gasteiger partial charge in [0.1, 0.15) is 24.2 Å². The molecule has 0 amide bonds. The number of pyridine rings is 1. The molecule has 3 N–H and O–H groups in total. The minimum absolute atomic E-state index is 0.151. The summed E-state index contributed by atoms with van der Waals surface area (Å²) in [6.07, 6.45) is 3.04. The first-order valence-electron chi connectivity index (χ1n) is 13.6. The summed E-state index contributed by atoms with van der Waals surface area (Å²) in [6.45, 7) is 6.50. The van der Waals surface area contributed by atoms with Crippen LogP contribution in [0, 0.1) is 20.8 Å². The van der Waals surface area contributed by atoms with E-state index in [4.69, 9.17) is 35.8 Å². The fourth-order valence-corrected chi connectivity index (χ4v) is 6.26. The van der Waals surface area contributed by atoms with Gasteiger partial charge in [0.2, 0.25) is 0 Å². The lowest BCUT2D eigenvalue weighted by molar-refractivity contribution is 0.108. The molecule has 0 aliphatic carbocycles. The molecule has 0 spiro atoms. The van der Waals surface area contributed by atoms with Crippen molar-refractivity contribution in [2.24, 2.45) is 0 Å². The zero-order valence-electron chi connectivity index (χ0n) is 23.0. The number of benzene rings is 1. The fraction of sp³-hybridized carbons (Fsp3) is 0.400. The molecule has 1 saturated heterocycles. The van der Waals surface area contributed by atoms with Gasteiger partial charge in [-0.3, -0.25) is 4.98 Å². The first-order valence-corrected chi connectivity index (χ1v) is 14.0. The number of halogens is 1. The van der Waals surface area contributed by atoms with Crippen LogP contribution in [0.4, 0.5) is 0 Å². The summed E-state index contributed by atoms with van der Waals surface area (Å²) in [7, 11) is 1.79. The molecule has 2 bridgehead atoms. The van der Waals surface area contributed by atoms with Crippen LogP contribution in [0.5, 0.6) is 5.75 Å². The van der Waals surface area contributed by atoms with Gasteiger partial charge in [-0.15, -0.1) is 0 Å². The van der Waals surface area contributed by atoms with Crippen LogP contribution < -0.4 is 15.4 Å². The number of hydrogen-bond acceptors (Lipinski definition) is 9. The Morgan fingerprint density at radius 1 is 1.15 bits per heavy atom. The molecule has 1 aromatic carbocycles. The molecule has 4 atom stereocenters. The molecule has 3 aromatic heterocycles. The number of nitrogens with zero attached hydrogens (tertiary/aromatic N) is 4. The van der Waals surface area contributed by atoms with Gasteiger partial charge in [-0.25, -0.2) is 9.97 Å². The largest absolute Gasteiger partial charge is 0.491 e. The van der Waals surface area contributed by atoms with Crippen LogP contribution in [0.25, 0.3) is 22.6 Å². The van der Waals surface area contributed by atoms with E-state index >= 15 is 0 Å². The van der Waals surface area contributed by atoms with E-state index in [-0.39, 0.29) is 24.6 Å². The molecule has 1 fully saturated rings. The van der Waals surface area contributed by atoms with Gasteiger partial charge in [0, 0.05) is 30.3 Å². The van der Waals surface area contributed by atoms with E-state index < -0.39 is 6.10 Å². The highest BCUT2D eigenvalue weighted by atomic mass is 35.5. The Kier molecular flexibility index (Phi) is 7.31. The van der Waals surface area contributed by atoms with Gasteiger partial charge in [0.15, 0.2) is 5.82 Å². The molecular formula is C30H33ClN6O3. The summed E-state index contributed by atoms with van der Waals surface area (Å²) < 4.78 is 11.4. The lowest BCUT2D eigenvalue weighted by atomic mass is 9.85. The van der Waals surface area contributed by atoms with Gasteiger partial charge < -0.3 is 25.0 Å². The number of nitrogens with one attached hydrogen (secondary N) is 2. The number of likely N-dealkylation sites (N-methyl/N-ethyl adjacent to an activating group) is 1. The van der Waals surface area contributed by atoms with E-state index in [2.05, 4.69) is 28.8 Å². The zero-order valence-corrected chi connectivity index (χ0v) is 23.8. The number of aryl methyl sites for hydroxylation is 2. The molecule has 10 heteroatoms. The topological polar surface area (TPSA) is 118 Å². The van der Waals surface area contributed by atoms with Crippen molar-refractivity contribution in [1.82, 2.24) is 30.7 Å². The van der Waals surface area contributed by atoms with Crippen LogP contribution in [-0.4, -0.2) is 51.5 Å². The maximum atomic E-state index is 10.1. The third-order valence-electron chi connectivity index (χ3n) is 7.92. The van der Waals surface area contributed by atoms with Crippen molar-refractivity contribution < 1.29 is 14.4 Å². The van der Waals surface area contributed by atoms with Gasteiger partial charge in [-0.1, -0.05) is 22.8 Å². The number of hydrogen-bond donors (Lipinski definition) is 3. The van der Waals surface area contributed by atoms with Gasteiger partial charge >= 0.3 is 0 Å². The van der Waals surface area contributed by atoms with Crippen LogP contribution in [0.15, 0.2) is 41.1 Å². The minimum Gasteiger partial charge on any atom is -0.491 e. The molecule has 2 aliphatic heterocycles. The maximum absolute atomic E-state index is 10.1. The second-order valence-electron chi connectivity index (χ2n) is 10.7. The maximum Gasteiger partial charge on any atom is 0.161 e. The Hall–Kier alpha value is -3.37. The van der Waals surface area contributed by atoms with Crippen molar-refractivity contribution in [1.29, 1.82) is 0 Å². The Balaban J connectivity index is 1.43. The van der Waals surface area contributed by atoms with E-state index in [1.165, 1.54) is 5.56 Å². The van der Waals surface area contributed by atoms with Crippen LogP contribution in [0.2, 0.25) is 5.02 Å². The number of ether oxygens (including phenoxy) is 1. The third-order valence-corrected chi connectivity index (χ3v) is 8.25. The average Bonchev–Trinajstić information content (AvgIpc) is 3.42. The number of piperidine rings is 1. The zero-order chi connectivity index (χ0) is 28.0. The van der Waals surface area contributed by atoms with Crippen LogP contribution in [-0.2, 0) is 0 Å². The van der Waals surface area contributed by atoms with Crippen molar-refractivity contribution in [3.8, 4) is 28.4 Å².